The molecular weight excluding hydrogens is 252 g/mol. The number of aromatic hydroxyl groups is 1. The molecule has 0 atom stereocenters. The minimum atomic E-state index is 0.125. The van der Waals surface area contributed by atoms with Crippen LogP contribution in [0.25, 0.3) is 22.4 Å². The van der Waals surface area contributed by atoms with Crippen molar-refractivity contribution in [2.45, 2.75) is 13.5 Å². The Labute approximate surface area is 117 Å². The van der Waals surface area contributed by atoms with Gasteiger partial charge in [-0.3, -0.25) is 0 Å². The summed E-state index contributed by atoms with van der Waals surface area (Å²) in [5, 5.41) is 9.93. The molecule has 4 heteroatoms. The van der Waals surface area contributed by atoms with Crippen molar-refractivity contribution >= 4 is 11.0 Å². The molecule has 0 saturated heterocycles. The van der Waals surface area contributed by atoms with Crippen molar-refractivity contribution in [3.63, 3.8) is 0 Å². The van der Waals surface area contributed by atoms with E-state index in [1.54, 1.807) is 12.1 Å². The van der Waals surface area contributed by atoms with E-state index < -0.39 is 0 Å². The molecule has 2 aromatic carbocycles. The number of rotatable bonds is 3. The second kappa shape index (κ2) is 4.89. The minimum Gasteiger partial charge on any atom is -0.504 e. The number of phenols is 1. The average Bonchev–Trinajstić information content (AvgIpc) is 2.85. The van der Waals surface area contributed by atoms with Gasteiger partial charge >= 0.3 is 0 Å². The Morgan fingerprint density at radius 2 is 2.00 bits per heavy atom. The number of fused-ring (bicyclic) bond motifs is 1. The van der Waals surface area contributed by atoms with Crippen LogP contribution in [0.5, 0.6) is 11.5 Å². The lowest BCUT2D eigenvalue weighted by Gasteiger charge is -2.08. The van der Waals surface area contributed by atoms with Crippen LogP contribution in [0.3, 0.4) is 0 Å². The fourth-order valence-corrected chi connectivity index (χ4v) is 2.45. The second-order valence-corrected chi connectivity index (χ2v) is 4.56. The molecule has 0 amide bonds. The molecule has 0 unspecified atom stereocenters. The third kappa shape index (κ3) is 1.90. The van der Waals surface area contributed by atoms with E-state index in [0.717, 1.165) is 29.0 Å². The van der Waals surface area contributed by atoms with Gasteiger partial charge in [-0.1, -0.05) is 12.1 Å². The lowest BCUT2D eigenvalue weighted by Crippen LogP contribution is -1.97. The van der Waals surface area contributed by atoms with Gasteiger partial charge in [0.25, 0.3) is 0 Å². The number of hydrogen-bond acceptors (Lipinski definition) is 3. The quantitative estimate of drug-likeness (QED) is 0.791. The van der Waals surface area contributed by atoms with E-state index in [4.69, 9.17) is 4.74 Å². The number of benzene rings is 2. The zero-order chi connectivity index (χ0) is 14.1. The van der Waals surface area contributed by atoms with Gasteiger partial charge in [-0.2, -0.15) is 0 Å². The second-order valence-electron chi connectivity index (χ2n) is 4.56. The fraction of sp³-hybridized carbons (Fsp3) is 0.188. The molecule has 1 heterocycles. The van der Waals surface area contributed by atoms with Crippen molar-refractivity contribution in [1.29, 1.82) is 0 Å². The molecule has 1 N–H and O–H groups in total. The summed E-state index contributed by atoms with van der Waals surface area (Å²) in [5.41, 5.74) is 2.93. The van der Waals surface area contributed by atoms with E-state index in [2.05, 4.69) is 22.5 Å². The zero-order valence-electron chi connectivity index (χ0n) is 11.5. The number of aromatic nitrogens is 2. The van der Waals surface area contributed by atoms with Crippen molar-refractivity contribution in [2.75, 3.05) is 7.11 Å². The summed E-state index contributed by atoms with van der Waals surface area (Å²) in [7, 11) is 1.54. The molecule has 0 fully saturated rings. The first-order valence-corrected chi connectivity index (χ1v) is 6.57. The number of methoxy groups -OCH3 is 1. The maximum atomic E-state index is 9.93. The average molecular weight is 268 g/mol. The van der Waals surface area contributed by atoms with Crippen LogP contribution in [-0.4, -0.2) is 21.8 Å². The highest BCUT2D eigenvalue weighted by Crippen LogP contribution is 2.32. The first-order valence-electron chi connectivity index (χ1n) is 6.57. The highest BCUT2D eigenvalue weighted by Gasteiger charge is 2.12. The van der Waals surface area contributed by atoms with Crippen LogP contribution < -0.4 is 4.74 Å². The number of para-hydroxylation sites is 2. The third-order valence-electron chi connectivity index (χ3n) is 3.41. The molecule has 0 radical (unpaired) electrons. The fourth-order valence-electron chi connectivity index (χ4n) is 2.45. The van der Waals surface area contributed by atoms with Crippen LogP contribution in [0.4, 0.5) is 0 Å². The SMILES string of the molecule is CCn1c(-c2ccc(OC)c(O)c2)nc2ccccc21. The van der Waals surface area contributed by atoms with Crippen molar-refractivity contribution in [1.82, 2.24) is 9.55 Å². The molecule has 0 saturated carbocycles. The molecule has 0 aliphatic rings. The smallest absolute Gasteiger partial charge is 0.160 e. The predicted octanol–water partition coefficient (Wildman–Crippen LogP) is 3.44. The van der Waals surface area contributed by atoms with E-state index in [9.17, 15) is 5.11 Å². The van der Waals surface area contributed by atoms with Crippen molar-refractivity contribution < 1.29 is 9.84 Å². The summed E-state index contributed by atoms with van der Waals surface area (Å²) >= 11 is 0. The summed E-state index contributed by atoms with van der Waals surface area (Å²) in [6, 6.07) is 13.4. The molecule has 1 aromatic heterocycles. The molecule has 0 bridgehead atoms. The summed E-state index contributed by atoms with van der Waals surface area (Å²) in [4.78, 5) is 4.66. The van der Waals surface area contributed by atoms with E-state index in [1.807, 2.05) is 24.3 Å². The summed E-state index contributed by atoms with van der Waals surface area (Å²) in [6.45, 7) is 2.91. The molecule has 3 rings (SSSR count). The Balaban J connectivity index is 2.21. The van der Waals surface area contributed by atoms with Crippen LogP contribution in [0.1, 0.15) is 6.92 Å². The largest absolute Gasteiger partial charge is 0.504 e. The molecule has 0 spiro atoms. The standard InChI is InChI=1S/C16H16N2O2/c1-3-18-13-7-5-4-6-12(13)17-16(18)11-8-9-15(20-2)14(19)10-11/h4-10,19H,3H2,1-2H3. The Hall–Kier alpha value is -2.49. The van der Waals surface area contributed by atoms with Gasteiger partial charge in [0.2, 0.25) is 0 Å². The first-order chi connectivity index (χ1) is 9.74. The third-order valence-corrected chi connectivity index (χ3v) is 3.41. The highest BCUT2D eigenvalue weighted by atomic mass is 16.5. The first kappa shape index (κ1) is 12.5. The van der Waals surface area contributed by atoms with Gasteiger partial charge in [-0.25, -0.2) is 4.98 Å². The Morgan fingerprint density at radius 1 is 1.20 bits per heavy atom. The molecule has 0 aliphatic heterocycles. The Kier molecular flexibility index (Phi) is 3.06. The van der Waals surface area contributed by atoms with Crippen LogP contribution in [0, 0.1) is 0 Å². The van der Waals surface area contributed by atoms with E-state index in [1.165, 1.54) is 7.11 Å². The van der Waals surface area contributed by atoms with Gasteiger partial charge in [0, 0.05) is 12.1 Å². The van der Waals surface area contributed by atoms with Crippen LogP contribution >= 0.6 is 0 Å². The van der Waals surface area contributed by atoms with Crippen LogP contribution in [0.2, 0.25) is 0 Å². The van der Waals surface area contributed by atoms with E-state index in [0.29, 0.717) is 5.75 Å². The van der Waals surface area contributed by atoms with Gasteiger partial charge in [-0.05, 0) is 37.3 Å². The molecule has 102 valence electrons. The van der Waals surface area contributed by atoms with Crippen molar-refractivity contribution in [3.05, 3.63) is 42.5 Å². The maximum absolute atomic E-state index is 9.93. The molecular formula is C16H16N2O2. The van der Waals surface area contributed by atoms with Crippen molar-refractivity contribution in [2.24, 2.45) is 0 Å². The number of phenolic OH excluding ortho intramolecular Hbond substituents is 1. The minimum absolute atomic E-state index is 0.125. The van der Waals surface area contributed by atoms with Gasteiger partial charge in [0.05, 0.1) is 18.1 Å². The number of hydrogen-bond donors (Lipinski definition) is 1. The van der Waals surface area contributed by atoms with Gasteiger partial charge < -0.3 is 14.4 Å². The van der Waals surface area contributed by atoms with E-state index >= 15 is 0 Å². The lowest BCUT2D eigenvalue weighted by atomic mass is 10.2. The molecule has 0 aliphatic carbocycles. The molecule has 3 aromatic rings. The number of aryl methyl sites for hydroxylation is 1. The molecule has 20 heavy (non-hydrogen) atoms. The highest BCUT2D eigenvalue weighted by molar-refractivity contribution is 5.81. The monoisotopic (exact) mass is 268 g/mol. The topological polar surface area (TPSA) is 47.3 Å². The maximum Gasteiger partial charge on any atom is 0.160 e. The summed E-state index contributed by atoms with van der Waals surface area (Å²) in [5.74, 6) is 1.44. The van der Waals surface area contributed by atoms with Gasteiger partial charge in [0.15, 0.2) is 11.5 Å². The lowest BCUT2D eigenvalue weighted by molar-refractivity contribution is 0.373. The van der Waals surface area contributed by atoms with Gasteiger partial charge in [-0.15, -0.1) is 0 Å². The van der Waals surface area contributed by atoms with E-state index in [-0.39, 0.29) is 5.75 Å². The van der Waals surface area contributed by atoms with Gasteiger partial charge in [0.1, 0.15) is 5.82 Å². The van der Waals surface area contributed by atoms with Crippen LogP contribution in [-0.2, 0) is 6.54 Å². The zero-order valence-corrected chi connectivity index (χ0v) is 11.5. The summed E-state index contributed by atoms with van der Waals surface area (Å²) in [6.07, 6.45) is 0. The predicted molar refractivity (Wildman–Crippen MR) is 79.1 cm³/mol. The molecule has 4 nitrogen and oxygen atoms in total. The van der Waals surface area contributed by atoms with Crippen molar-refractivity contribution in [3.8, 4) is 22.9 Å². The Bertz CT molecular complexity index is 762. The Morgan fingerprint density at radius 3 is 2.70 bits per heavy atom. The number of ether oxygens (including phenoxy) is 1. The number of nitrogens with zero attached hydrogens (tertiary/aromatic N) is 2. The number of imidazole rings is 1. The summed E-state index contributed by atoms with van der Waals surface area (Å²) < 4.78 is 7.21. The normalized spacial score (nSPS) is 10.9. The van der Waals surface area contributed by atoms with Crippen LogP contribution in [0.15, 0.2) is 42.5 Å².